The largest absolute Gasteiger partial charge is 0.342 e. The molecule has 1 saturated heterocycles. The topological polar surface area (TPSA) is 39.2 Å². The maximum Gasteiger partial charge on any atom is 0.342 e. The van der Waals surface area contributed by atoms with Gasteiger partial charge in [-0.15, -0.1) is 11.8 Å². The van der Waals surface area contributed by atoms with Crippen molar-refractivity contribution in [1.29, 1.82) is 0 Å². The third-order valence-electron chi connectivity index (χ3n) is 6.88. The number of likely N-dealkylation sites (tertiary alicyclic amines) is 1. The highest BCUT2D eigenvalue weighted by Gasteiger charge is 2.52. The zero-order valence-electron chi connectivity index (χ0n) is 19.3. The number of urea groups is 1. The first-order chi connectivity index (χ1) is 15.9. The van der Waals surface area contributed by atoms with Gasteiger partial charge in [0.25, 0.3) is 0 Å². The van der Waals surface area contributed by atoms with Crippen molar-refractivity contribution in [3.63, 3.8) is 0 Å². The van der Waals surface area contributed by atoms with E-state index in [2.05, 4.69) is 24.1 Å². The average molecular weight is 485 g/mol. The predicted octanol–water partition coefficient (Wildman–Crippen LogP) is 5.34. The fourth-order valence-electron chi connectivity index (χ4n) is 4.87. The van der Waals surface area contributed by atoms with Gasteiger partial charge in [-0.3, -0.25) is 0 Å². The second kappa shape index (κ2) is 8.96. The summed E-state index contributed by atoms with van der Waals surface area (Å²) in [5, 5.41) is 7.06. The second-order valence-corrected chi connectivity index (χ2v) is 11.5. The minimum absolute atomic E-state index is 0.109. The molecule has 3 heterocycles. The first-order valence-corrected chi connectivity index (χ1v) is 13.2. The SMILES string of the molecule is Cc1ccc(F)c(C2=NN(C(=O)N(C)C3CCN(C)CC3)C3(CCSc4ccccc43)S2)c1. The highest BCUT2D eigenvalue weighted by molar-refractivity contribution is 8.15. The summed E-state index contributed by atoms with van der Waals surface area (Å²) in [7, 11) is 4.01. The molecule has 2 aromatic rings. The molecule has 8 heteroatoms. The normalized spacial score (nSPS) is 23.5. The van der Waals surface area contributed by atoms with Crippen LogP contribution in [0.3, 0.4) is 0 Å². The molecule has 1 unspecified atom stereocenters. The van der Waals surface area contributed by atoms with Crippen molar-refractivity contribution in [2.24, 2.45) is 5.10 Å². The molecule has 5 nitrogen and oxygen atoms in total. The second-order valence-electron chi connectivity index (χ2n) is 9.11. The first kappa shape index (κ1) is 22.7. The lowest BCUT2D eigenvalue weighted by Crippen LogP contribution is -2.52. The Balaban J connectivity index is 1.56. The molecule has 1 atom stereocenters. The van der Waals surface area contributed by atoms with Crippen molar-refractivity contribution in [1.82, 2.24) is 14.8 Å². The monoisotopic (exact) mass is 484 g/mol. The summed E-state index contributed by atoms with van der Waals surface area (Å²) in [5.74, 6) is 0.573. The molecule has 3 aliphatic rings. The number of benzene rings is 2. The summed E-state index contributed by atoms with van der Waals surface area (Å²) in [5.41, 5.74) is 2.52. The van der Waals surface area contributed by atoms with Gasteiger partial charge in [-0.2, -0.15) is 10.1 Å². The number of carbonyl (C=O) groups is 1. The fraction of sp³-hybridized carbons (Fsp3) is 0.440. The standard InChI is InChI=1S/C25H29FN4OS2/c1-17-8-9-21(26)19(16-17)23-27-30(24(31)29(3)18-10-13-28(2)14-11-18)25(33-23)12-15-32-22-7-5-4-6-20(22)25/h4-9,16,18H,10-15H2,1-3H3. The van der Waals surface area contributed by atoms with Crippen LogP contribution in [0.5, 0.6) is 0 Å². The minimum atomic E-state index is -0.663. The van der Waals surface area contributed by atoms with E-state index in [1.807, 2.05) is 48.8 Å². The Kier molecular flexibility index (Phi) is 6.18. The maximum atomic E-state index is 14.9. The van der Waals surface area contributed by atoms with Crippen molar-refractivity contribution < 1.29 is 9.18 Å². The number of hydrazone groups is 1. The molecule has 1 fully saturated rings. The van der Waals surface area contributed by atoms with Crippen molar-refractivity contribution in [2.45, 2.75) is 42.0 Å². The van der Waals surface area contributed by atoms with Crippen LogP contribution in [0.25, 0.3) is 0 Å². The van der Waals surface area contributed by atoms with Gasteiger partial charge in [0.1, 0.15) is 15.7 Å². The maximum absolute atomic E-state index is 14.9. The molecule has 0 aromatic heterocycles. The third-order valence-corrected chi connectivity index (χ3v) is 9.38. The molecule has 0 saturated carbocycles. The smallest absolute Gasteiger partial charge is 0.323 e. The molecule has 0 aliphatic carbocycles. The van der Waals surface area contributed by atoms with E-state index in [0.717, 1.165) is 54.1 Å². The van der Waals surface area contributed by atoms with Crippen molar-refractivity contribution in [3.05, 3.63) is 65.0 Å². The number of nitrogens with zero attached hydrogens (tertiary/aromatic N) is 4. The lowest BCUT2D eigenvalue weighted by atomic mass is 10.0. The van der Waals surface area contributed by atoms with E-state index in [4.69, 9.17) is 5.10 Å². The predicted molar refractivity (Wildman–Crippen MR) is 134 cm³/mol. The molecule has 174 valence electrons. The van der Waals surface area contributed by atoms with Crippen molar-refractivity contribution in [3.8, 4) is 0 Å². The van der Waals surface area contributed by atoms with Gasteiger partial charge in [0.15, 0.2) is 0 Å². The van der Waals surface area contributed by atoms with Crippen LogP contribution < -0.4 is 0 Å². The third kappa shape index (κ3) is 4.06. The van der Waals surface area contributed by atoms with E-state index >= 15 is 0 Å². The zero-order valence-corrected chi connectivity index (χ0v) is 20.9. The lowest BCUT2D eigenvalue weighted by molar-refractivity contribution is 0.0996. The molecule has 0 N–H and O–H groups in total. The Morgan fingerprint density at radius 1 is 1.21 bits per heavy atom. The number of amides is 2. The molecule has 0 bridgehead atoms. The summed E-state index contributed by atoms with van der Waals surface area (Å²) >= 11 is 3.33. The number of hydrogen-bond donors (Lipinski definition) is 0. The van der Waals surface area contributed by atoms with E-state index in [1.165, 1.54) is 17.8 Å². The van der Waals surface area contributed by atoms with Crippen LogP contribution in [0.4, 0.5) is 9.18 Å². The van der Waals surface area contributed by atoms with Crippen LogP contribution in [0.15, 0.2) is 52.5 Å². The summed E-state index contributed by atoms with van der Waals surface area (Å²) in [6.45, 7) is 3.90. The summed E-state index contributed by atoms with van der Waals surface area (Å²) in [6, 6.07) is 13.4. The number of aryl methyl sites for hydroxylation is 1. The molecule has 2 amide bonds. The molecular formula is C25H29FN4OS2. The van der Waals surface area contributed by atoms with Crippen LogP contribution in [-0.4, -0.2) is 64.9 Å². The Hall–Kier alpha value is -2.03. The zero-order chi connectivity index (χ0) is 23.2. The summed E-state index contributed by atoms with van der Waals surface area (Å²) in [4.78, 5) is 18.6. The van der Waals surface area contributed by atoms with Crippen LogP contribution in [0.2, 0.25) is 0 Å². The van der Waals surface area contributed by atoms with E-state index in [1.54, 1.807) is 11.1 Å². The van der Waals surface area contributed by atoms with Gasteiger partial charge in [-0.25, -0.2) is 9.18 Å². The van der Waals surface area contributed by atoms with Crippen LogP contribution in [0.1, 0.15) is 36.0 Å². The number of rotatable bonds is 2. The molecule has 33 heavy (non-hydrogen) atoms. The number of hydrogen-bond acceptors (Lipinski definition) is 5. The van der Waals surface area contributed by atoms with Gasteiger partial charge in [-0.05, 0) is 64.5 Å². The fourth-order valence-corrected chi connectivity index (χ4v) is 7.65. The van der Waals surface area contributed by atoms with Crippen LogP contribution >= 0.6 is 23.5 Å². The Morgan fingerprint density at radius 3 is 2.76 bits per heavy atom. The van der Waals surface area contributed by atoms with Crippen LogP contribution in [-0.2, 0) is 4.87 Å². The summed E-state index contributed by atoms with van der Waals surface area (Å²) < 4.78 is 14.9. The molecule has 1 spiro atoms. The lowest BCUT2D eigenvalue weighted by Gasteiger charge is -2.43. The Morgan fingerprint density at radius 2 is 1.97 bits per heavy atom. The number of halogens is 1. The van der Waals surface area contributed by atoms with Crippen molar-refractivity contribution >= 4 is 34.6 Å². The molecule has 2 aromatic carbocycles. The van der Waals surface area contributed by atoms with Gasteiger partial charge in [0.05, 0.1) is 0 Å². The van der Waals surface area contributed by atoms with E-state index in [-0.39, 0.29) is 17.9 Å². The number of carbonyl (C=O) groups excluding carboxylic acids is 1. The van der Waals surface area contributed by atoms with Gasteiger partial charge in [0, 0.05) is 34.9 Å². The summed E-state index contributed by atoms with van der Waals surface area (Å²) in [6.07, 6.45) is 2.65. The molecular weight excluding hydrogens is 455 g/mol. The number of thioether (sulfide) groups is 2. The van der Waals surface area contributed by atoms with E-state index in [9.17, 15) is 9.18 Å². The number of piperidine rings is 1. The van der Waals surface area contributed by atoms with Crippen molar-refractivity contribution in [2.75, 3.05) is 32.9 Å². The molecule has 5 rings (SSSR count). The van der Waals surface area contributed by atoms with Gasteiger partial charge >= 0.3 is 6.03 Å². The molecule has 0 radical (unpaired) electrons. The molecule has 3 aliphatic heterocycles. The Bertz CT molecular complexity index is 1100. The van der Waals surface area contributed by atoms with Gasteiger partial charge in [0.2, 0.25) is 0 Å². The highest BCUT2D eigenvalue weighted by atomic mass is 32.2. The average Bonchev–Trinajstić information content (AvgIpc) is 3.20. The highest BCUT2D eigenvalue weighted by Crippen LogP contribution is 2.55. The van der Waals surface area contributed by atoms with Gasteiger partial charge in [-0.1, -0.05) is 41.6 Å². The van der Waals surface area contributed by atoms with Gasteiger partial charge < -0.3 is 9.80 Å². The first-order valence-electron chi connectivity index (χ1n) is 11.4. The van der Waals surface area contributed by atoms with E-state index in [0.29, 0.717) is 10.6 Å². The van der Waals surface area contributed by atoms with Crippen LogP contribution in [0, 0.1) is 12.7 Å². The van der Waals surface area contributed by atoms with E-state index < -0.39 is 4.87 Å². The Labute approximate surface area is 203 Å². The minimum Gasteiger partial charge on any atom is -0.323 e. The quantitative estimate of drug-likeness (QED) is 0.577. The number of fused-ring (bicyclic) bond motifs is 2.